The van der Waals surface area contributed by atoms with E-state index in [0.717, 1.165) is 0 Å². The van der Waals surface area contributed by atoms with Crippen molar-refractivity contribution in [3.8, 4) is 0 Å². The maximum absolute atomic E-state index is 13.1. The van der Waals surface area contributed by atoms with Crippen molar-refractivity contribution >= 4 is 35.7 Å². The molecular weight excluding hydrogens is 398 g/mol. The molecule has 0 amide bonds. The quantitative estimate of drug-likeness (QED) is 0.346. The molecule has 0 atom stereocenters. The van der Waals surface area contributed by atoms with Crippen LogP contribution in [0.3, 0.4) is 0 Å². The van der Waals surface area contributed by atoms with Crippen molar-refractivity contribution in [2.45, 2.75) is 60.7 Å². The highest BCUT2D eigenvalue weighted by Crippen LogP contribution is 2.17. The molecular formula is C19H27N3O6S. The van der Waals surface area contributed by atoms with Crippen molar-refractivity contribution in [3.63, 3.8) is 0 Å². The van der Waals surface area contributed by atoms with Gasteiger partial charge in [-0.05, 0) is 52.9 Å². The Morgan fingerprint density at radius 2 is 1.93 bits per heavy atom. The first kappa shape index (κ1) is 22.8. The molecule has 0 fully saturated rings. The molecule has 10 heteroatoms. The van der Waals surface area contributed by atoms with Gasteiger partial charge in [0.05, 0.1) is 23.6 Å². The van der Waals surface area contributed by atoms with E-state index in [4.69, 9.17) is 26.4 Å². The summed E-state index contributed by atoms with van der Waals surface area (Å²) in [7, 11) is 0. The number of rotatable bonds is 9. The fraction of sp³-hybridized carbons (Fsp3) is 0.579. The van der Waals surface area contributed by atoms with E-state index in [1.807, 2.05) is 13.8 Å². The summed E-state index contributed by atoms with van der Waals surface area (Å²) < 4.78 is 20.4. The molecule has 9 nitrogen and oxygen atoms in total. The number of fused-ring (bicyclic) bond motifs is 1. The molecule has 0 aliphatic heterocycles. The van der Waals surface area contributed by atoms with Gasteiger partial charge >= 0.3 is 5.97 Å². The Hall–Kier alpha value is -2.46. The molecule has 2 rings (SSSR count). The van der Waals surface area contributed by atoms with Gasteiger partial charge in [0.2, 0.25) is 0 Å². The number of hydrogen-bond donors (Lipinski definition) is 0. The monoisotopic (exact) mass is 425 g/mol. The molecule has 29 heavy (non-hydrogen) atoms. The zero-order chi connectivity index (χ0) is 21.8. The summed E-state index contributed by atoms with van der Waals surface area (Å²) in [6.07, 6.45) is 1.68. The van der Waals surface area contributed by atoms with Crippen LogP contribution in [0.2, 0.25) is 0 Å². The standard InChI is InChI=1S/C19H27N3O6S/c1-13(2)27-9-8-21-14-6-7-20(10-26-12-23)15(14)16(24)22(18(21)29)11-28-17(25)19(3,4)5/h6-7,12-13H,8-11H2,1-5H3. The smallest absolute Gasteiger partial charge is 0.312 e. The molecule has 0 aliphatic rings. The lowest BCUT2D eigenvalue weighted by Gasteiger charge is -2.19. The molecule has 0 N–H and O–H groups in total. The van der Waals surface area contributed by atoms with Crippen molar-refractivity contribution in [3.05, 3.63) is 27.4 Å². The number of carbonyl (C=O) groups is 2. The van der Waals surface area contributed by atoms with Gasteiger partial charge in [-0.2, -0.15) is 0 Å². The van der Waals surface area contributed by atoms with Crippen LogP contribution < -0.4 is 5.56 Å². The summed E-state index contributed by atoms with van der Waals surface area (Å²) in [6, 6.07) is 1.72. The Kier molecular flexibility index (Phi) is 7.37. The van der Waals surface area contributed by atoms with Crippen LogP contribution in [0.25, 0.3) is 11.0 Å². The van der Waals surface area contributed by atoms with Crippen molar-refractivity contribution < 1.29 is 23.8 Å². The van der Waals surface area contributed by atoms with Crippen LogP contribution in [0.15, 0.2) is 17.1 Å². The zero-order valence-electron chi connectivity index (χ0n) is 17.3. The third-order valence-electron chi connectivity index (χ3n) is 4.13. The molecule has 0 saturated heterocycles. The van der Waals surface area contributed by atoms with Crippen LogP contribution in [0, 0.1) is 10.2 Å². The van der Waals surface area contributed by atoms with Crippen LogP contribution in [0.4, 0.5) is 0 Å². The van der Waals surface area contributed by atoms with E-state index in [1.54, 1.807) is 37.6 Å². The Morgan fingerprint density at radius 1 is 1.24 bits per heavy atom. The fourth-order valence-electron chi connectivity index (χ4n) is 2.64. The van der Waals surface area contributed by atoms with E-state index in [1.165, 1.54) is 9.13 Å². The van der Waals surface area contributed by atoms with Crippen LogP contribution in [0.1, 0.15) is 34.6 Å². The molecule has 0 radical (unpaired) electrons. The van der Waals surface area contributed by atoms with Crippen molar-refractivity contribution in [1.29, 1.82) is 0 Å². The summed E-state index contributed by atoms with van der Waals surface area (Å²) in [4.78, 5) is 35.8. The topological polar surface area (TPSA) is 93.7 Å². The van der Waals surface area contributed by atoms with Crippen LogP contribution >= 0.6 is 12.2 Å². The number of esters is 1. The molecule has 0 spiro atoms. The Balaban J connectivity index is 2.53. The van der Waals surface area contributed by atoms with Crippen molar-refractivity contribution in [2.24, 2.45) is 5.41 Å². The summed E-state index contributed by atoms with van der Waals surface area (Å²) in [5.74, 6) is -0.451. The highest BCUT2D eigenvalue weighted by molar-refractivity contribution is 7.71. The van der Waals surface area contributed by atoms with Gasteiger partial charge in [0.15, 0.2) is 18.2 Å². The fourth-order valence-corrected chi connectivity index (χ4v) is 2.97. The minimum atomic E-state index is -0.714. The summed E-state index contributed by atoms with van der Waals surface area (Å²) in [5.41, 5.74) is -0.279. The number of aromatic nitrogens is 3. The Bertz CT molecular complexity index is 996. The van der Waals surface area contributed by atoms with Crippen LogP contribution in [0.5, 0.6) is 0 Å². The summed E-state index contributed by atoms with van der Waals surface area (Å²) >= 11 is 5.51. The van der Waals surface area contributed by atoms with Gasteiger partial charge in [-0.15, -0.1) is 0 Å². The normalized spacial score (nSPS) is 11.8. The lowest BCUT2D eigenvalue weighted by molar-refractivity contribution is -0.157. The van der Waals surface area contributed by atoms with Crippen LogP contribution in [-0.4, -0.2) is 38.9 Å². The number of nitrogens with zero attached hydrogens (tertiary/aromatic N) is 3. The zero-order valence-corrected chi connectivity index (χ0v) is 18.2. The predicted molar refractivity (Wildman–Crippen MR) is 109 cm³/mol. The molecule has 2 aromatic heterocycles. The van der Waals surface area contributed by atoms with Gasteiger partial charge in [-0.3, -0.25) is 14.4 Å². The maximum Gasteiger partial charge on any atom is 0.312 e. The molecule has 160 valence electrons. The highest BCUT2D eigenvalue weighted by atomic mass is 32.1. The molecule has 0 unspecified atom stereocenters. The molecule has 2 aromatic rings. The third-order valence-corrected chi connectivity index (χ3v) is 4.57. The average Bonchev–Trinajstić information content (AvgIpc) is 3.05. The van der Waals surface area contributed by atoms with Gasteiger partial charge in [-0.1, -0.05) is 0 Å². The second-order valence-electron chi connectivity index (χ2n) is 7.81. The largest absolute Gasteiger partial charge is 0.446 e. The summed E-state index contributed by atoms with van der Waals surface area (Å²) in [6.45, 7) is 9.68. The number of hydrogen-bond acceptors (Lipinski definition) is 7. The van der Waals surface area contributed by atoms with Gasteiger partial charge < -0.3 is 23.3 Å². The molecule has 0 saturated carbocycles. The lowest BCUT2D eigenvalue weighted by Crippen LogP contribution is -2.31. The first-order valence-electron chi connectivity index (χ1n) is 9.24. The Labute approximate surface area is 173 Å². The van der Waals surface area contributed by atoms with Crippen molar-refractivity contribution in [1.82, 2.24) is 13.7 Å². The van der Waals surface area contributed by atoms with E-state index in [9.17, 15) is 14.4 Å². The molecule has 0 bridgehead atoms. The van der Waals surface area contributed by atoms with Gasteiger partial charge in [0.1, 0.15) is 5.52 Å². The van der Waals surface area contributed by atoms with Gasteiger partial charge in [-0.25, -0.2) is 4.57 Å². The van der Waals surface area contributed by atoms with E-state index in [0.29, 0.717) is 25.1 Å². The second kappa shape index (κ2) is 9.36. The highest BCUT2D eigenvalue weighted by Gasteiger charge is 2.24. The van der Waals surface area contributed by atoms with Crippen LogP contribution in [-0.2, 0) is 43.8 Å². The second-order valence-corrected chi connectivity index (χ2v) is 8.17. The minimum Gasteiger partial charge on any atom is -0.446 e. The third kappa shape index (κ3) is 5.33. The SMILES string of the molecule is CC(C)OCCn1c(=S)n(COC(=O)C(C)(C)C)c(=O)c2c1ccn2COC=O. The summed E-state index contributed by atoms with van der Waals surface area (Å²) in [5, 5.41) is 0. The first-order valence-corrected chi connectivity index (χ1v) is 9.65. The number of carbonyl (C=O) groups excluding carboxylic acids is 2. The number of ether oxygens (including phenoxy) is 3. The average molecular weight is 426 g/mol. The molecule has 0 aromatic carbocycles. The van der Waals surface area contributed by atoms with E-state index in [2.05, 4.69) is 0 Å². The van der Waals surface area contributed by atoms with E-state index >= 15 is 0 Å². The lowest BCUT2D eigenvalue weighted by atomic mass is 9.98. The van der Waals surface area contributed by atoms with Gasteiger partial charge in [0.25, 0.3) is 12.0 Å². The maximum atomic E-state index is 13.1. The van der Waals surface area contributed by atoms with Crippen molar-refractivity contribution in [2.75, 3.05) is 6.61 Å². The van der Waals surface area contributed by atoms with E-state index < -0.39 is 16.9 Å². The molecule has 2 heterocycles. The molecule has 0 aliphatic carbocycles. The minimum absolute atomic E-state index is 0.0453. The van der Waals surface area contributed by atoms with Gasteiger partial charge in [0, 0.05) is 12.7 Å². The predicted octanol–water partition coefficient (Wildman–Crippen LogP) is 2.44. The first-order chi connectivity index (χ1) is 13.6. The Morgan fingerprint density at radius 3 is 2.52 bits per heavy atom. The van der Waals surface area contributed by atoms with E-state index in [-0.39, 0.29) is 29.9 Å².